The van der Waals surface area contributed by atoms with E-state index in [0.717, 1.165) is 37.7 Å². The normalized spacial score (nSPS) is 24.8. The molecule has 39 heavy (non-hydrogen) atoms. The van der Waals surface area contributed by atoms with Crippen molar-refractivity contribution < 1.29 is 23.9 Å². The van der Waals surface area contributed by atoms with Gasteiger partial charge in [0, 0.05) is 6.42 Å². The Balaban J connectivity index is 2.41. The predicted octanol–water partition coefficient (Wildman–Crippen LogP) is 4.31. The summed E-state index contributed by atoms with van der Waals surface area (Å²) in [6.45, 7) is 11.7. The van der Waals surface area contributed by atoms with Gasteiger partial charge in [-0.2, -0.15) is 0 Å². The van der Waals surface area contributed by atoms with E-state index in [0.29, 0.717) is 6.42 Å². The standard InChI is InChI=1S/C31H49N3O5/c1-7-9-10-12-15-22(6)25-19-26(35)33-27(20(3)4)30(37)32-24(18-23-16-13-11-14-17-23)29(36)34-28(21(5)8-2)31(38)39-25/h11,13-14,16-17,20-22,24-25,27-28H,7-10,12,15,18-19H2,1-6H3,(H,32,37)(H,33,35)(H,34,36)/t21-,22?,24-,25?,27-,28+/m0/s1. The van der Waals surface area contributed by atoms with Crippen LogP contribution in [-0.4, -0.2) is 47.9 Å². The van der Waals surface area contributed by atoms with E-state index in [9.17, 15) is 19.2 Å². The van der Waals surface area contributed by atoms with Gasteiger partial charge in [-0.15, -0.1) is 0 Å². The number of ether oxygens (including phenoxy) is 1. The summed E-state index contributed by atoms with van der Waals surface area (Å²) in [7, 11) is 0. The zero-order chi connectivity index (χ0) is 28.9. The van der Waals surface area contributed by atoms with E-state index in [1.807, 2.05) is 65.0 Å². The smallest absolute Gasteiger partial charge is 0.329 e. The Hall–Kier alpha value is -2.90. The molecule has 2 unspecified atom stereocenters. The summed E-state index contributed by atoms with van der Waals surface area (Å²) in [6.07, 6.45) is 5.33. The zero-order valence-corrected chi connectivity index (χ0v) is 24.6. The van der Waals surface area contributed by atoms with Crippen LogP contribution < -0.4 is 16.0 Å². The van der Waals surface area contributed by atoms with Crippen LogP contribution in [0.3, 0.4) is 0 Å². The van der Waals surface area contributed by atoms with Gasteiger partial charge in [0.15, 0.2) is 0 Å². The Morgan fingerprint density at radius 1 is 0.821 bits per heavy atom. The van der Waals surface area contributed by atoms with Crippen molar-refractivity contribution in [2.45, 2.75) is 117 Å². The molecule has 0 radical (unpaired) electrons. The van der Waals surface area contributed by atoms with Crippen LogP contribution in [0.1, 0.15) is 92.1 Å². The first-order valence-electron chi connectivity index (χ1n) is 14.7. The van der Waals surface area contributed by atoms with Gasteiger partial charge in [0.25, 0.3) is 0 Å². The predicted molar refractivity (Wildman–Crippen MR) is 153 cm³/mol. The molecule has 1 aromatic carbocycles. The van der Waals surface area contributed by atoms with Gasteiger partial charge in [-0.05, 0) is 29.7 Å². The van der Waals surface area contributed by atoms with Crippen molar-refractivity contribution in [1.29, 1.82) is 0 Å². The summed E-state index contributed by atoms with van der Waals surface area (Å²) >= 11 is 0. The van der Waals surface area contributed by atoms with E-state index in [1.54, 1.807) is 0 Å². The van der Waals surface area contributed by atoms with Crippen molar-refractivity contribution in [3.8, 4) is 0 Å². The van der Waals surface area contributed by atoms with Gasteiger partial charge >= 0.3 is 5.97 Å². The van der Waals surface area contributed by atoms with Crippen LogP contribution in [0.2, 0.25) is 0 Å². The lowest BCUT2D eigenvalue weighted by atomic mass is 9.93. The fourth-order valence-electron chi connectivity index (χ4n) is 4.85. The van der Waals surface area contributed by atoms with Gasteiger partial charge in [0.1, 0.15) is 24.2 Å². The molecule has 0 aliphatic carbocycles. The molecule has 1 aromatic rings. The fourth-order valence-corrected chi connectivity index (χ4v) is 4.85. The van der Waals surface area contributed by atoms with Gasteiger partial charge in [0.2, 0.25) is 17.7 Å². The Morgan fingerprint density at radius 3 is 2.13 bits per heavy atom. The summed E-state index contributed by atoms with van der Waals surface area (Å²) in [5.41, 5.74) is 0.868. The van der Waals surface area contributed by atoms with Crippen molar-refractivity contribution in [1.82, 2.24) is 16.0 Å². The van der Waals surface area contributed by atoms with E-state index in [-0.39, 0.29) is 36.5 Å². The van der Waals surface area contributed by atoms with Crippen molar-refractivity contribution in [3.63, 3.8) is 0 Å². The number of nitrogens with one attached hydrogen (secondary N) is 3. The molecule has 6 atom stereocenters. The maximum atomic E-state index is 13.6. The highest BCUT2D eigenvalue weighted by Gasteiger charge is 2.36. The van der Waals surface area contributed by atoms with E-state index in [4.69, 9.17) is 4.74 Å². The van der Waals surface area contributed by atoms with Gasteiger partial charge in [-0.1, -0.05) is 104 Å². The molecule has 3 N–H and O–H groups in total. The third-order valence-electron chi connectivity index (χ3n) is 7.75. The molecular weight excluding hydrogens is 494 g/mol. The highest BCUT2D eigenvalue weighted by molar-refractivity contribution is 5.94. The first-order valence-corrected chi connectivity index (χ1v) is 14.7. The lowest BCUT2D eigenvalue weighted by molar-refractivity contribution is -0.158. The molecule has 1 saturated heterocycles. The highest BCUT2D eigenvalue weighted by Crippen LogP contribution is 2.22. The Kier molecular flexibility index (Phi) is 13.5. The van der Waals surface area contributed by atoms with Crippen LogP contribution in [0.15, 0.2) is 30.3 Å². The number of amides is 3. The third kappa shape index (κ3) is 10.3. The number of hydrogen-bond acceptors (Lipinski definition) is 5. The molecule has 8 nitrogen and oxygen atoms in total. The molecule has 0 aromatic heterocycles. The first-order chi connectivity index (χ1) is 18.6. The molecule has 1 aliphatic rings. The van der Waals surface area contributed by atoms with Crippen LogP contribution in [-0.2, 0) is 30.3 Å². The average Bonchev–Trinajstić information content (AvgIpc) is 2.91. The number of cyclic esters (lactones) is 1. The average molecular weight is 544 g/mol. The molecule has 1 heterocycles. The summed E-state index contributed by atoms with van der Waals surface area (Å²) in [5, 5.41) is 8.59. The lowest BCUT2D eigenvalue weighted by Crippen LogP contribution is -2.58. The molecule has 218 valence electrons. The maximum Gasteiger partial charge on any atom is 0.329 e. The molecule has 3 amide bonds. The molecule has 0 spiro atoms. The summed E-state index contributed by atoms with van der Waals surface area (Å²) in [6, 6.07) is 6.75. The SMILES string of the molecule is CCCCCCC(C)C1CC(=O)N[C@@H](C(C)C)C(=O)N[C@@H](Cc2ccccc2)C(=O)N[C@H]([C@@H](C)CC)C(=O)O1. The Morgan fingerprint density at radius 2 is 1.51 bits per heavy atom. The van der Waals surface area contributed by atoms with E-state index >= 15 is 0 Å². The zero-order valence-electron chi connectivity index (χ0n) is 24.6. The van der Waals surface area contributed by atoms with Crippen LogP contribution in [0.4, 0.5) is 0 Å². The van der Waals surface area contributed by atoms with Crippen LogP contribution in [0, 0.1) is 17.8 Å². The number of carbonyl (C=O) groups is 4. The molecule has 8 heteroatoms. The number of unbranched alkanes of at least 4 members (excludes halogenated alkanes) is 3. The molecule has 1 aliphatic heterocycles. The van der Waals surface area contributed by atoms with Gasteiger partial charge < -0.3 is 20.7 Å². The van der Waals surface area contributed by atoms with Gasteiger partial charge in [0.05, 0.1) is 6.42 Å². The minimum Gasteiger partial charge on any atom is -0.460 e. The maximum absolute atomic E-state index is 13.6. The molecule has 1 fully saturated rings. The lowest BCUT2D eigenvalue weighted by Gasteiger charge is -2.29. The largest absolute Gasteiger partial charge is 0.460 e. The second-order valence-corrected chi connectivity index (χ2v) is 11.4. The van der Waals surface area contributed by atoms with Crippen molar-refractivity contribution in [2.24, 2.45) is 17.8 Å². The van der Waals surface area contributed by atoms with Crippen LogP contribution in [0.25, 0.3) is 0 Å². The molecule has 2 rings (SSSR count). The first kappa shape index (κ1) is 32.3. The van der Waals surface area contributed by atoms with E-state index in [2.05, 4.69) is 22.9 Å². The minimum atomic E-state index is -0.925. The number of hydrogen-bond donors (Lipinski definition) is 3. The highest BCUT2D eigenvalue weighted by atomic mass is 16.5. The minimum absolute atomic E-state index is 0.0359. The van der Waals surface area contributed by atoms with Gasteiger partial charge in [-0.3, -0.25) is 14.4 Å². The summed E-state index contributed by atoms with van der Waals surface area (Å²) in [4.78, 5) is 53.7. The quantitative estimate of drug-likeness (QED) is 0.284. The number of carbonyl (C=O) groups excluding carboxylic acids is 4. The fraction of sp³-hybridized carbons (Fsp3) is 0.677. The van der Waals surface area contributed by atoms with Crippen molar-refractivity contribution >= 4 is 23.7 Å². The monoisotopic (exact) mass is 543 g/mol. The third-order valence-corrected chi connectivity index (χ3v) is 7.75. The second-order valence-electron chi connectivity index (χ2n) is 11.4. The number of rotatable bonds is 11. The van der Waals surface area contributed by atoms with Crippen molar-refractivity contribution in [2.75, 3.05) is 0 Å². The molecule has 0 bridgehead atoms. The number of esters is 1. The Bertz CT molecular complexity index is 935. The summed E-state index contributed by atoms with van der Waals surface area (Å²) in [5.74, 6) is -2.22. The topological polar surface area (TPSA) is 114 Å². The molecular formula is C31H49N3O5. The van der Waals surface area contributed by atoms with Gasteiger partial charge in [-0.25, -0.2) is 4.79 Å². The van der Waals surface area contributed by atoms with Crippen molar-refractivity contribution in [3.05, 3.63) is 35.9 Å². The second kappa shape index (κ2) is 16.3. The van der Waals surface area contributed by atoms with E-state index in [1.165, 1.54) is 0 Å². The summed E-state index contributed by atoms with van der Waals surface area (Å²) < 4.78 is 5.99. The Labute approximate surface area is 234 Å². The number of benzene rings is 1. The van der Waals surface area contributed by atoms with E-state index < -0.39 is 42.0 Å². The molecule has 0 saturated carbocycles. The van der Waals surface area contributed by atoms with Crippen LogP contribution >= 0.6 is 0 Å². The van der Waals surface area contributed by atoms with Crippen LogP contribution in [0.5, 0.6) is 0 Å².